The van der Waals surface area contributed by atoms with Crippen molar-refractivity contribution in [2.75, 3.05) is 13.7 Å². The number of benzene rings is 2. The second-order valence-corrected chi connectivity index (χ2v) is 5.49. The minimum atomic E-state index is -0.319. The molecule has 0 saturated carbocycles. The lowest BCUT2D eigenvalue weighted by molar-refractivity contribution is -0.143. The molecule has 0 saturated heterocycles. The smallest absolute Gasteiger partial charge is 0.317 e. The van der Waals surface area contributed by atoms with Crippen LogP contribution in [0.3, 0.4) is 0 Å². The van der Waals surface area contributed by atoms with Gasteiger partial charge >= 0.3 is 5.97 Å². The molecule has 0 radical (unpaired) electrons. The maximum atomic E-state index is 12.2. The predicted molar refractivity (Wildman–Crippen MR) is 89.8 cm³/mol. The minimum absolute atomic E-state index is 0.141. The summed E-state index contributed by atoms with van der Waals surface area (Å²) >= 11 is 0. The fourth-order valence-electron chi connectivity index (χ4n) is 3.05. The number of ether oxygens (including phenoxy) is 2. The Morgan fingerprint density at radius 1 is 1.00 bits per heavy atom. The van der Waals surface area contributed by atoms with Crippen LogP contribution in [0.15, 0.2) is 60.7 Å². The van der Waals surface area contributed by atoms with Crippen LogP contribution in [0.1, 0.15) is 35.4 Å². The van der Waals surface area contributed by atoms with E-state index >= 15 is 0 Å². The fourth-order valence-corrected chi connectivity index (χ4v) is 3.05. The Kier molecular flexibility index (Phi) is 4.47. The van der Waals surface area contributed by atoms with Gasteiger partial charge in [0.2, 0.25) is 0 Å². The van der Waals surface area contributed by atoms with E-state index in [4.69, 9.17) is 9.47 Å². The number of allylic oxidation sites excluding steroid dienone is 1. The van der Waals surface area contributed by atoms with Crippen LogP contribution >= 0.6 is 0 Å². The molecule has 2 aromatic carbocycles. The van der Waals surface area contributed by atoms with Gasteiger partial charge in [-0.05, 0) is 35.7 Å². The highest BCUT2D eigenvalue weighted by Gasteiger charge is 2.28. The first-order chi connectivity index (χ1) is 11.2. The zero-order valence-electron chi connectivity index (χ0n) is 13.4. The Hall–Kier alpha value is -2.55. The standard InChI is InChI=1S/C20H20O3/c1-3-23-20(21)19-13-12-16(17-6-4-5-7-18(17)19)14-8-10-15(22-2)11-9-14/h4-13,16,19H,3H2,1-2H3/t16-,19-/m0/s1. The maximum absolute atomic E-state index is 12.2. The van der Waals surface area contributed by atoms with Crippen molar-refractivity contribution in [2.24, 2.45) is 0 Å². The summed E-state index contributed by atoms with van der Waals surface area (Å²) in [5, 5.41) is 0. The average molecular weight is 308 g/mol. The molecule has 0 aromatic heterocycles. The van der Waals surface area contributed by atoms with Gasteiger partial charge in [-0.1, -0.05) is 48.6 Å². The van der Waals surface area contributed by atoms with Crippen molar-refractivity contribution in [3.63, 3.8) is 0 Å². The van der Waals surface area contributed by atoms with Gasteiger partial charge in [0, 0.05) is 5.92 Å². The number of fused-ring (bicyclic) bond motifs is 1. The van der Waals surface area contributed by atoms with Gasteiger partial charge in [0.05, 0.1) is 13.7 Å². The summed E-state index contributed by atoms with van der Waals surface area (Å²) in [6, 6.07) is 16.1. The van der Waals surface area contributed by atoms with Crippen LogP contribution in [-0.2, 0) is 9.53 Å². The van der Waals surface area contributed by atoms with E-state index in [-0.39, 0.29) is 17.8 Å². The third-order valence-corrected chi connectivity index (χ3v) is 4.18. The highest BCUT2D eigenvalue weighted by Crippen LogP contribution is 2.38. The molecule has 0 spiro atoms. The van der Waals surface area contributed by atoms with E-state index in [0.29, 0.717) is 6.61 Å². The monoisotopic (exact) mass is 308 g/mol. The topological polar surface area (TPSA) is 35.5 Å². The van der Waals surface area contributed by atoms with Crippen LogP contribution in [0.25, 0.3) is 0 Å². The molecular weight excluding hydrogens is 288 g/mol. The first-order valence-corrected chi connectivity index (χ1v) is 7.82. The molecule has 0 heterocycles. The van der Waals surface area contributed by atoms with Crippen LogP contribution in [-0.4, -0.2) is 19.7 Å². The lowest BCUT2D eigenvalue weighted by Crippen LogP contribution is -2.19. The van der Waals surface area contributed by atoms with Crippen molar-refractivity contribution < 1.29 is 14.3 Å². The van der Waals surface area contributed by atoms with Gasteiger partial charge in [0.25, 0.3) is 0 Å². The van der Waals surface area contributed by atoms with E-state index in [9.17, 15) is 4.79 Å². The normalized spacial score (nSPS) is 19.0. The molecule has 2 aromatic rings. The molecule has 23 heavy (non-hydrogen) atoms. The quantitative estimate of drug-likeness (QED) is 0.631. The first-order valence-electron chi connectivity index (χ1n) is 7.82. The zero-order valence-corrected chi connectivity index (χ0v) is 13.4. The molecule has 118 valence electrons. The van der Waals surface area contributed by atoms with Gasteiger partial charge in [0.1, 0.15) is 11.7 Å². The molecule has 0 unspecified atom stereocenters. The second kappa shape index (κ2) is 6.69. The number of hydrogen-bond acceptors (Lipinski definition) is 3. The SMILES string of the molecule is CCOC(=O)[C@H]1C=C[C@@H](c2ccc(OC)cc2)c2ccccc21. The highest BCUT2D eigenvalue weighted by atomic mass is 16.5. The second-order valence-electron chi connectivity index (χ2n) is 5.49. The highest BCUT2D eigenvalue weighted by molar-refractivity contribution is 5.82. The summed E-state index contributed by atoms with van der Waals surface area (Å²) in [6.45, 7) is 2.23. The van der Waals surface area contributed by atoms with Gasteiger partial charge in [-0.25, -0.2) is 0 Å². The van der Waals surface area contributed by atoms with E-state index in [1.54, 1.807) is 7.11 Å². The number of methoxy groups -OCH3 is 1. The van der Waals surface area contributed by atoms with E-state index < -0.39 is 0 Å². The molecule has 2 atom stereocenters. The number of rotatable bonds is 4. The number of carbonyl (C=O) groups is 1. The number of hydrogen-bond donors (Lipinski definition) is 0. The Labute approximate surface area is 136 Å². The Morgan fingerprint density at radius 3 is 2.35 bits per heavy atom. The first kappa shape index (κ1) is 15.3. The fraction of sp³-hybridized carbons (Fsp3) is 0.250. The molecule has 3 heteroatoms. The Bertz CT molecular complexity index is 716. The lowest BCUT2D eigenvalue weighted by Gasteiger charge is -2.26. The summed E-state index contributed by atoms with van der Waals surface area (Å²) < 4.78 is 10.4. The number of carbonyl (C=O) groups excluding carboxylic acids is 1. The van der Waals surface area contributed by atoms with Crippen molar-refractivity contribution in [3.05, 3.63) is 77.4 Å². The summed E-state index contributed by atoms with van der Waals surface area (Å²) in [7, 11) is 1.66. The molecule has 3 rings (SSSR count). The summed E-state index contributed by atoms with van der Waals surface area (Å²) in [4.78, 5) is 12.2. The van der Waals surface area contributed by atoms with Gasteiger partial charge in [-0.2, -0.15) is 0 Å². The van der Waals surface area contributed by atoms with Crippen LogP contribution in [0, 0.1) is 0 Å². The van der Waals surface area contributed by atoms with Gasteiger partial charge < -0.3 is 9.47 Å². The molecule has 0 aliphatic heterocycles. The van der Waals surface area contributed by atoms with E-state index in [2.05, 4.69) is 24.3 Å². The third kappa shape index (κ3) is 3.00. The van der Waals surface area contributed by atoms with Crippen molar-refractivity contribution in [3.8, 4) is 5.75 Å². The van der Waals surface area contributed by atoms with Gasteiger partial charge in [-0.15, -0.1) is 0 Å². The Morgan fingerprint density at radius 2 is 1.70 bits per heavy atom. The molecule has 0 fully saturated rings. The van der Waals surface area contributed by atoms with Crippen LogP contribution in [0.2, 0.25) is 0 Å². The average Bonchev–Trinajstić information content (AvgIpc) is 2.61. The van der Waals surface area contributed by atoms with Crippen LogP contribution in [0.5, 0.6) is 5.75 Å². The molecule has 0 bridgehead atoms. The largest absolute Gasteiger partial charge is 0.497 e. The van der Waals surface area contributed by atoms with Gasteiger partial charge in [-0.3, -0.25) is 4.79 Å². The zero-order chi connectivity index (χ0) is 16.2. The molecular formula is C20H20O3. The van der Waals surface area contributed by atoms with Crippen molar-refractivity contribution in [2.45, 2.75) is 18.8 Å². The molecule has 3 nitrogen and oxygen atoms in total. The number of esters is 1. The van der Waals surface area contributed by atoms with Crippen molar-refractivity contribution in [1.82, 2.24) is 0 Å². The summed E-state index contributed by atoms with van der Waals surface area (Å²) in [5.41, 5.74) is 3.35. The van der Waals surface area contributed by atoms with E-state index in [1.165, 1.54) is 5.56 Å². The molecule has 1 aliphatic carbocycles. The van der Waals surface area contributed by atoms with Crippen molar-refractivity contribution in [1.29, 1.82) is 0 Å². The Balaban J connectivity index is 1.98. The van der Waals surface area contributed by atoms with E-state index in [1.807, 2.05) is 43.3 Å². The molecule has 1 aliphatic rings. The van der Waals surface area contributed by atoms with E-state index in [0.717, 1.165) is 16.9 Å². The van der Waals surface area contributed by atoms with Crippen molar-refractivity contribution >= 4 is 5.97 Å². The summed E-state index contributed by atoms with van der Waals surface area (Å²) in [5.74, 6) is 0.471. The molecule has 0 N–H and O–H groups in total. The predicted octanol–water partition coefficient (Wildman–Crippen LogP) is 4.04. The van der Waals surface area contributed by atoms with Gasteiger partial charge in [0.15, 0.2) is 0 Å². The third-order valence-electron chi connectivity index (χ3n) is 4.18. The van der Waals surface area contributed by atoms with Crippen LogP contribution < -0.4 is 4.74 Å². The minimum Gasteiger partial charge on any atom is -0.497 e. The summed E-state index contributed by atoms with van der Waals surface area (Å²) in [6.07, 6.45) is 4.04. The maximum Gasteiger partial charge on any atom is 0.317 e. The molecule has 0 amide bonds. The lowest BCUT2D eigenvalue weighted by atomic mass is 9.79. The van der Waals surface area contributed by atoms with Crippen LogP contribution in [0.4, 0.5) is 0 Å².